The fourth-order valence-electron chi connectivity index (χ4n) is 3.22. The lowest BCUT2D eigenvalue weighted by Gasteiger charge is -2.36. The summed E-state index contributed by atoms with van der Waals surface area (Å²) in [6.45, 7) is 0.416. The second-order valence-electron chi connectivity index (χ2n) is 5.98. The van der Waals surface area contributed by atoms with Crippen molar-refractivity contribution < 1.29 is 14.0 Å². The number of primary amides is 1. The van der Waals surface area contributed by atoms with Gasteiger partial charge in [0.05, 0.1) is 5.41 Å². The maximum atomic E-state index is 13.6. The molecule has 0 bridgehead atoms. The van der Waals surface area contributed by atoms with Gasteiger partial charge in [0.25, 0.3) is 0 Å². The van der Waals surface area contributed by atoms with Gasteiger partial charge in [-0.1, -0.05) is 31.4 Å². The smallest absolute Gasteiger partial charge is 0.230 e. The Labute approximate surface area is 130 Å². The maximum absolute atomic E-state index is 13.6. The van der Waals surface area contributed by atoms with E-state index in [1.165, 1.54) is 12.1 Å². The molecule has 3 N–H and O–H groups in total. The zero-order chi connectivity index (χ0) is 16.0. The van der Waals surface area contributed by atoms with Crippen molar-refractivity contribution in [2.24, 2.45) is 5.73 Å². The summed E-state index contributed by atoms with van der Waals surface area (Å²) < 4.78 is 13.6. The average Bonchev–Trinajstić information content (AvgIpc) is 2.52. The number of rotatable bonds is 6. The Balaban J connectivity index is 2.11. The topological polar surface area (TPSA) is 72.2 Å². The molecule has 0 spiro atoms. The lowest BCUT2D eigenvalue weighted by molar-refractivity contribution is -0.128. The number of hydrogen-bond donors (Lipinski definition) is 2. The second-order valence-corrected chi connectivity index (χ2v) is 5.98. The molecule has 1 fully saturated rings. The van der Waals surface area contributed by atoms with Crippen LogP contribution in [0, 0.1) is 5.82 Å². The summed E-state index contributed by atoms with van der Waals surface area (Å²) in [7, 11) is 0. The molecule has 1 aromatic rings. The van der Waals surface area contributed by atoms with Crippen LogP contribution in [0.25, 0.3) is 0 Å². The second kappa shape index (κ2) is 7.38. The molecule has 0 radical (unpaired) electrons. The fourth-order valence-corrected chi connectivity index (χ4v) is 3.22. The Kier molecular flexibility index (Phi) is 5.52. The van der Waals surface area contributed by atoms with Gasteiger partial charge in [-0.25, -0.2) is 4.39 Å². The summed E-state index contributed by atoms with van der Waals surface area (Å²) in [4.78, 5) is 23.5. The monoisotopic (exact) mass is 306 g/mol. The van der Waals surface area contributed by atoms with E-state index in [9.17, 15) is 14.0 Å². The molecule has 120 valence electrons. The van der Waals surface area contributed by atoms with Crippen LogP contribution in [0.15, 0.2) is 24.3 Å². The van der Waals surface area contributed by atoms with Crippen molar-refractivity contribution in [3.63, 3.8) is 0 Å². The predicted molar refractivity (Wildman–Crippen MR) is 82.6 cm³/mol. The number of halogens is 1. The van der Waals surface area contributed by atoms with Gasteiger partial charge >= 0.3 is 0 Å². The Morgan fingerprint density at radius 2 is 1.95 bits per heavy atom. The van der Waals surface area contributed by atoms with Crippen molar-refractivity contribution in [3.8, 4) is 0 Å². The normalized spacial score (nSPS) is 17.0. The number of benzene rings is 1. The Hall–Kier alpha value is -1.91. The van der Waals surface area contributed by atoms with E-state index < -0.39 is 5.41 Å². The molecule has 0 aliphatic heterocycles. The van der Waals surface area contributed by atoms with E-state index in [2.05, 4.69) is 5.32 Å². The summed E-state index contributed by atoms with van der Waals surface area (Å²) in [6, 6.07) is 6.35. The third kappa shape index (κ3) is 3.84. The molecule has 5 heteroatoms. The predicted octanol–water partition coefficient (Wildman–Crippen LogP) is 2.41. The number of carbonyl (C=O) groups excluding carboxylic acids is 2. The zero-order valence-corrected chi connectivity index (χ0v) is 12.7. The number of nitrogens with one attached hydrogen (secondary N) is 1. The molecule has 0 unspecified atom stereocenters. The van der Waals surface area contributed by atoms with Gasteiger partial charge in [-0.05, 0) is 37.0 Å². The third-order valence-corrected chi connectivity index (χ3v) is 4.40. The van der Waals surface area contributed by atoms with E-state index in [0.717, 1.165) is 37.7 Å². The molecule has 2 rings (SSSR count). The Morgan fingerprint density at radius 3 is 2.59 bits per heavy atom. The van der Waals surface area contributed by atoms with Crippen molar-refractivity contribution in [1.29, 1.82) is 0 Å². The highest BCUT2D eigenvalue weighted by atomic mass is 19.1. The zero-order valence-electron chi connectivity index (χ0n) is 12.7. The van der Waals surface area contributed by atoms with Crippen LogP contribution in [0.1, 0.15) is 50.5 Å². The molecule has 0 aromatic heterocycles. The first-order chi connectivity index (χ1) is 10.5. The van der Waals surface area contributed by atoms with E-state index in [1.807, 2.05) is 6.07 Å². The molecule has 1 aromatic carbocycles. The third-order valence-electron chi connectivity index (χ3n) is 4.40. The SMILES string of the molecule is NC(=O)CCCNC(=O)C1(c2cccc(F)c2)CCCCC1. The molecule has 0 atom stereocenters. The highest BCUT2D eigenvalue weighted by Gasteiger charge is 2.40. The number of carbonyl (C=O) groups is 2. The minimum atomic E-state index is -0.646. The summed E-state index contributed by atoms with van der Waals surface area (Å²) >= 11 is 0. The van der Waals surface area contributed by atoms with E-state index in [1.54, 1.807) is 6.07 Å². The van der Waals surface area contributed by atoms with Crippen LogP contribution in [-0.2, 0) is 15.0 Å². The largest absolute Gasteiger partial charge is 0.370 e. The van der Waals surface area contributed by atoms with Gasteiger partial charge < -0.3 is 11.1 Å². The van der Waals surface area contributed by atoms with E-state index in [-0.39, 0.29) is 24.1 Å². The van der Waals surface area contributed by atoms with Gasteiger partial charge in [0.1, 0.15) is 5.82 Å². The van der Waals surface area contributed by atoms with Gasteiger partial charge in [-0.2, -0.15) is 0 Å². The molecule has 0 saturated heterocycles. The Morgan fingerprint density at radius 1 is 1.23 bits per heavy atom. The molecule has 1 aliphatic carbocycles. The summed E-state index contributed by atoms with van der Waals surface area (Å²) in [5.41, 5.74) is 5.20. The molecule has 4 nitrogen and oxygen atoms in total. The lowest BCUT2D eigenvalue weighted by atomic mass is 9.68. The fraction of sp³-hybridized carbons (Fsp3) is 0.529. The maximum Gasteiger partial charge on any atom is 0.230 e. The number of amides is 2. The van der Waals surface area contributed by atoms with Gasteiger partial charge in [-0.3, -0.25) is 9.59 Å². The van der Waals surface area contributed by atoms with E-state index in [0.29, 0.717) is 13.0 Å². The van der Waals surface area contributed by atoms with Crippen LogP contribution in [0.3, 0.4) is 0 Å². The summed E-state index contributed by atoms with van der Waals surface area (Å²) in [5.74, 6) is -0.752. The first-order valence-corrected chi connectivity index (χ1v) is 7.87. The first kappa shape index (κ1) is 16.5. The van der Waals surface area contributed by atoms with Crippen LogP contribution in [-0.4, -0.2) is 18.4 Å². The molecule has 22 heavy (non-hydrogen) atoms. The van der Waals surface area contributed by atoms with Gasteiger partial charge in [0, 0.05) is 13.0 Å². The number of nitrogens with two attached hydrogens (primary N) is 1. The van der Waals surface area contributed by atoms with E-state index >= 15 is 0 Å². The molecular weight excluding hydrogens is 283 g/mol. The van der Waals surface area contributed by atoms with Crippen molar-refractivity contribution >= 4 is 11.8 Å². The first-order valence-electron chi connectivity index (χ1n) is 7.87. The van der Waals surface area contributed by atoms with Gasteiger partial charge in [0.2, 0.25) is 11.8 Å². The van der Waals surface area contributed by atoms with Gasteiger partial charge in [-0.15, -0.1) is 0 Å². The standard InChI is InChI=1S/C17H23FN2O2/c18-14-7-4-6-13(12-14)17(9-2-1-3-10-17)16(22)20-11-5-8-15(19)21/h4,6-7,12H,1-3,5,8-11H2,(H2,19,21)(H,20,22). The van der Waals surface area contributed by atoms with Crippen molar-refractivity contribution in [1.82, 2.24) is 5.32 Å². The molecule has 2 amide bonds. The van der Waals surface area contributed by atoms with Crippen LogP contribution >= 0.6 is 0 Å². The van der Waals surface area contributed by atoms with Gasteiger partial charge in [0.15, 0.2) is 0 Å². The Bertz CT molecular complexity index is 539. The summed E-state index contributed by atoms with van der Waals surface area (Å²) in [5, 5.41) is 2.90. The van der Waals surface area contributed by atoms with Crippen molar-refractivity contribution in [2.75, 3.05) is 6.54 Å². The summed E-state index contributed by atoms with van der Waals surface area (Å²) in [6.07, 6.45) is 5.28. The minimum Gasteiger partial charge on any atom is -0.370 e. The van der Waals surface area contributed by atoms with Crippen LogP contribution in [0.4, 0.5) is 4.39 Å². The van der Waals surface area contributed by atoms with Crippen LogP contribution < -0.4 is 11.1 Å². The highest BCUT2D eigenvalue weighted by Crippen LogP contribution is 2.39. The number of hydrogen-bond acceptors (Lipinski definition) is 2. The van der Waals surface area contributed by atoms with Crippen LogP contribution in [0.2, 0.25) is 0 Å². The molecule has 1 aliphatic rings. The van der Waals surface area contributed by atoms with E-state index in [4.69, 9.17) is 5.73 Å². The molecule has 1 saturated carbocycles. The van der Waals surface area contributed by atoms with Crippen molar-refractivity contribution in [3.05, 3.63) is 35.6 Å². The van der Waals surface area contributed by atoms with Crippen molar-refractivity contribution in [2.45, 2.75) is 50.4 Å². The average molecular weight is 306 g/mol. The molecule has 0 heterocycles. The van der Waals surface area contributed by atoms with Crippen LogP contribution in [0.5, 0.6) is 0 Å². The quantitative estimate of drug-likeness (QED) is 0.792. The lowest BCUT2D eigenvalue weighted by Crippen LogP contribution is -2.46. The minimum absolute atomic E-state index is 0.0673. The highest BCUT2D eigenvalue weighted by molar-refractivity contribution is 5.88. The molecular formula is C17H23FN2O2.